The molecule has 4 aliphatic rings. The van der Waals surface area contributed by atoms with Gasteiger partial charge in [0.25, 0.3) is 0 Å². The van der Waals surface area contributed by atoms with Gasteiger partial charge < -0.3 is 15.3 Å². The van der Waals surface area contributed by atoms with Crippen molar-refractivity contribution in [3.63, 3.8) is 0 Å². The molecule has 0 heterocycles. The molecule has 0 aromatic heterocycles. The number of hydrogen-bond donors (Lipinski definition) is 3. The largest absolute Gasteiger partial charge is 0.393 e. The van der Waals surface area contributed by atoms with Gasteiger partial charge in [-0.25, -0.2) is 0 Å². The maximum Gasteiger partial charge on any atom is 0.0811 e. The van der Waals surface area contributed by atoms with E-state index in [1.54, 1.807) is 0 Å². The first-order chi connectivity index (χ1) is 14.3. The summed E-state index contributed by atoms with van der Waals surface area (Å²) in [7, 11) is 0. The summed E-state index contributed by atoms with van der Waals surface area (Å²) in [4.78, 5) is 0. The molecule has 3 heteroatoms. The smallest absolute Gasteiger partial charge is 0.0811 e. The summed E-state index contributed by atoms with van der Waals surface area (Å²) in [6, 6.07) is 0. The van der Waals surface area contributed by atoms with Crippen molar-refractivity contribution >= 4 is 0 Å². The van der Waals surface area contributed by atoms with Gasteiger partial charge in [-0.1, -0.05) is 50.3 Å². The van der Waals surface area contributed by atoms with Gasteiger partial charge in [-0.2, -0.15) is 0 Å². The van der Waals surface area contributed by atoms with Crippen LogP contribution >= 0.6 is 0 Å². The molecule has 166 valence electrons. The Kier molecular flexibility index (Phi) is 6.44. The van der Waals surface area contributed by atoms with E-state index >= 15 is 0 Å². The van der Waals surface area contributed by atoms with Gasteiger partial charge in [-0.3, -0.25) is 0 Å². The van der Waals surface area contributed by atoms with Gasteiger partial charge in [-0.05, 0) is 91.6 Å². The predicted octanol–water partition coefficient (Wildman–Crippen LogP) is 5.09. The molecule has 4 rings (SSSR count). The van der Waals surface area contributed by atoms with Crippen molar-refractivity contribution in [2.45, 2.75) is 89.9 Å². The Morgan fingerprint density at radius 3 is 2.60 bits per heavy atom. The monoisotopic (exact) mass is 412 g/mol. The standard InChI is InChI=1S/C27H40O3/c1-17(6-13-25(29)20-8-9-20)23-11-12-24-19(5-4-14-27(23,24)3)7-10-21-15-22(28)16-26(30)18(21)2/h6-7,10,13,17,20,22-26,28-30H,2,4-5,8-9,11-12,14-16H2,1,3H3/b13-6-,19-7-,21-10+/t17-,22-,23-,24+,25-,26+,27-/m1/s1. The molecule has 0 aromatic carbocycles. The van der Waals surface area contributed by atoms with Crippen molar-refractivity contribution in [1.29, 1.82) is 0 Å². The number of allylic oxidation sites excluding steroid dienone is 4. The van der Waals surface area contributed by atoms with Crippen LogP contribution < -0.4 is 0 Å². The van der Waals surface area contributed by atoms with Crippen molar-refractivity contribution in [3.8, 4) is 0 Å². The first-order valence-electron chi connectivity index (χ1n) is 12.1. The summed E-state index contributed by atoms with van der Waals surface area (Å²) >= 11 is 0. The quantitative estimate of drug-likeness (QED) is 0.551. The molecule has 0 bridgehead atoms. The maximum absolute atomic E-state index is 10.2. The Bertz CT molecular complexity index is 743. The minimum atomic E-state index is -0.621. The highest BCUT2D eigenvalue weighted by molar-refractivity contribution is 5.38. The van der Waals surface area contributed by atoms with Gasteiger partial charge in [0.05, 0.1) is 18.3 Å². The van der Waals surface area contributed by atoms with Gasteiger partial charge >= 0.3 is 0 Å². The van der Waals surface area contributed by atoms with Gasteiger partial charge in [-0.15, -0.1) is 0 Å². The van der Waals surface area contributed by atoms with E-state index in [1.807, 2.05) is 0 Å². The van der Waals surface area contributed by atoms with Crippen LogP contribution in [0.2, 0.25) is 0 Å². The molecule has 0 spiro atoms. The zero-order valence-electron chi connectivity index (χ0n) is 18.8. The lowest BCUT2D eigenvalue weighted by atomic mass is 9.61. The fourth-order valence-corrected chi connectivity index (χ4v) is 6.63. The number of hydrogen-bond acceptors (Lipinski definition) is 3. The van der Waals surface area contributed by atoms with E-state index in [2.05, 4.69) is 44.7 Å². The number of rotatable bonds is 5. The Hall–Kier alpha value is -1.16. The van der Waals surface area contributed by atoms with Crippen LogP contribution in [0.3, 0.4) is 0 Å². The van der Waals surface area contributed by atoms with Gasteiger partial charge in [0, 0.05) is 6.42 Å². The summed E-state index contributed by atoms with van der Waals surface area (Å²) in [5.41, 5.74) is 3.63. The first kappa shape index (κ1) is 22.0. The third kappa shape index (κ3) is 4.40. The second kappa shape index (κ2) is 8.76. The van der Waals surface area contributed by atoms with E-state index in [1.165, 1.54) is 44.1 Å². The SMILES string of the molecule is C=C1/C(=C/C=C2/CCC[C@]3(C)[C@@H]([C@H](C)/C=C\[C@@H](O)C4CC4)CC[C@@H]23)C[C@@H](O)C[C@@H]1O. The van der Waals surface area contributed by atoms with E-state index in [9.17, 15) is 15.3 Å². The van der Waals surface area contributed by atoms with Crippen molar-refractivity contribution in [3.05, 3.63) is 47.6 Å². The van der Waals surface area contributed by atoms with E-state index in [0.717, 1.165) is 17.6 Å². The highest BCUT2D eigenvalue weighted by Gasteiger charge is 2.50. The zero-order valence-corrected chi connectivity index (χ0v) is 18.8. The molecule has 3 nitrogen and oxygen atoms in total. The highest BCUT2D eigenvalue weighted by Crippen LogP contribution is 2.59. The summed E-state index contributed by atoms with van der Waals surface area (Å²) in [6.45, 7) is 8.88. The molecule has 0 aliphatic heterocycles. The first-order valence-corrected chi connectivity index (χ1v) is 12.1. The number of fused-ring (bicyclic) bond motifs is 1. The molecule has 7 atom stereocenters. The van der Waals surface area contributed by atoms with Gasteiger partial charge in [0.1, 0.15) is 0 Å². The van der Waals surface area contributed by atoms with E-state index in [4.69, 9.17) is 0 Å². The Morgan fingerprint density at radius 1 is 1.10 bits per heavy atom. The molecule has 0 saturated heterocycles. The Balaban J connectivity index is 1.48. The van der Waals surface area contributed by atoms with Crippen LogP contribution in [-0.2, 0) is 0 Å². The molecule has 3 N–H and O–H groups in total. The second-order valence-electron chi connectivity index (χ2n) is 10.7. The lowest BCUT2D eigenvalue weighted by molar-refractivity contribution is 0.0862. The van der Waals surface area contributed by atoms with Crippen molar-refractivity contribution in [2.75, 3.05) is 0 Å². The molecular formula is C27H40O3. The van der Waals surface area contributed by atoms with Crippen molar-refractivity contribution < 1.29 is 15.3 Å². The van der Waals surface area contributed by atoms with Crippen molar-refractivity contribution in [1.82, 2.24) is 0 Å². The predicted molar refractivity (Wildman–Crippen MR) is 122 cm³/mol. The summed E-state index contributed by atoms with van der Waals surface area (Å²) < 4.78 is 0. The van der Waals surface area contributed by atoms with E-state index in [-0.39, 0.29) is 6.10 Å². The molecule has 0 amide bonds. The highest BCUT2D eigenvalue weighted by atomic mass is 16.3. The zero-order chi connectivity index (χ0) is 21.5. The number of aliphatic hydroxyl groups excluding tert-OH is 3. The van der Waals surface area contributed by atoms with Crippen LogP contribution in [-0.4, -0.2) is 33.6 Å². The molecule has 0 radical (unpaired) electrons. The average Bonchev–Trinajstić information content (AvgIpc) is 3.49. The van der Waals surface area contributed by atoms with Gasteiger partial charge in [0.15, 0.2) is 0 Å². The second-order valence-corrected chi connectivity index (χ2v) is 10.7. The van der Waals surface area contributed by atoms with Crippen molar-refractivity contribution in [2.24, 2.45) is 29.1 Å². The van der Waals surface area contributed by atoms with E-state index < -0.39 is 12.2 Å². The van der Waals surface area contributed by atoms with Crippen LogP contribution in [0.15, 0.2) is 47.6 Å². The third-order valence-electron chi connectivity index (χ3n) is 8.65. The lowest BCUT2D eigenvalue weighted by Gasteiger charge is -2.44. The summed E-state index contributed by atoms with van der Waals surface area (Å²) in [6.07, 6.45) is 16.9. The molecule has 30 heavy (non-hydrogen) atoms. The third-order valence-corrected chi connectivity index (χ3v) is 8.65. The van der Waals surface area contributed by atoms with Crippen LogP contribution in [0.4, 0.5) is 0 Å². The van der Waals surface area contributed by atoms with Gasteiger partial charge in [0.2, 0.25) is 0 Å². The molecule has 4 saturated carbocycles. The summed E-state index contributed by atoms with van der Waals surface area (Å²) in [5, 5.41) is 30.4. The topological polar surface area (TPSA) is 60.7 Å². The fraction of sp³-hybridized carbons (Fsp3) is 0.704. The maximum atomic E-state index is 10.2. The Labute approximate surface area is 182 Å². The van der Waals surface area contributed by atoms with Crippen LogP contribution in [0.5, 0.6) is 0 Å². The molecular weight excluding hydrogens is 372 g/mol. The average molecular weight is 413 g/mol. The molecule has 0 unspecified atom stereocenters. The molecule has 0 aromatic rings. The van der Waals surface area contributed by atoms with E-state index in [0.29, 0.717) is 41.9 Å². The minimum Gasteiger partial charge on any atom is -0.393 e. The normalized spacial score (nSPS) is 42.1. The lowest BCUT2D eigenvalue weighted by Crippen LogP contribution is -2.35. The minimum absolute atomic E-state index is 0.250. The van der Waals surface area contributed by atoms with Crippen LogP contribution in [0.25, 0.3) is 0 Å². The number of aliphatic hydroxyl groups is 3. The molecule has 4 aliphatic carbocycles. The molecule has 4 fully saturated rings. The fourth-order valence-electron chi connectivity index (χ4n) is 6.63. The summed E-state index contributed by atoms with van der Waals surface area (Å²) in [5.74, 6) is 2.28. The van der Waals surface area contributed by atoms with Crippen LogP contribution in [0, 0.1) is 29.1 Å². The van der Waals surface area contributed by atoms with Crippen LogP contribution in [0.1, 0.15) is 71.6 Å². The Morgan fingerprint density at radius 2 is 1.87 bits per heavy atom.